The first kappa shape index (κ1) is 26.5. The molecule has 40 heavy (non-hydrogen) atoms. The van der Waals surface area contributed by atoms with Crippen LogP contribution in [-0.2, 0) is 21.4 Å². The lowest BCUT2D eigenvalue weighted by molar-refractivity contribution is -0.134. The molecule has 2 aliphatic carbocycles. The number of hydrogen-bond donors (Lipinski definition) is 0. The quantitative estimate of drug-likeness (QED) is 0.247. The number of likely N-dealkylation sites (tertiary alicyclic amines) is 1. The Labute approximate surface area is 236 Å². The van der Waals surface area contributed by atoms with E-state index in [4.69, 9.17) is 14.2 Å². The van der Waals surface area contributed by atoms with Crippen LogP contribution in [0.5, 0.6) is 17.2 Å². The minimum Gasteiger partial charge on any atom is -0.493 e. The van der Waals surface area contributed by atoms with Gasteiger partial charge in [-0.15, -0.1) is 6.58 Å². The molecule has 2 heterocycles. The maximum absolute atomic E-state index is 13.4. The highest BCUT2D eigenvalue weighted by atomic mass is 16.5. The Morgan fingerprint density at radius 2 is 2.10 bits per heavy atom. The van der Waals surface area contributed by atoms with Crippen molar-refractivity contribution in [2.45, 2.75) is 63.1 Å². The van der Waals surface area contributed by atoms with E-state index in [1.54, 1.807) is 18.1 Å². The number of methoxy groups -OCH3 is 1. The van der Waals surface area contributed by atoms with Gasteiger partial charge in [0, 0.05) is 60.7 Å². The summed E-state index contributed by atoms with van der Waals surface area (Å²) in [7, 11) is 3.46. The van der Waals surface area contributed by atoms with Crippen LogP contribution in [0.4, 0.5) is 0 Å². The van der Waals surface area contributed by atoms with Gasteiger partial charge in [0.15, 0.2) is 11.5 Å². The van der Waals surface area contributed by atoms with E-state index in [2.05, 4.69) is 23.3 Å². The second-order valence-corrected chi connectivity index (χ2v) is 11.5. The van der Waals surface area contributed by atoms with Crippen LogP contribution in [0, 0.1) is 24.7 Å². The highest BCUT2D eigenvalue weighted by molar-refractivity contribution is 5.94. The highest BCUT2D eigenvalue weighted by Gasteiger charge is 2.67. The minimum atomic E-state index is -0.361. The third-order valence-corrected chi connectivity index (χ3v) is 9.46. The molecule has 0 unspecified atom stereocenters. The molecule has 5 atom stereocenters. The monoisotopic (exact) mass is 540 g/mol. The van der Waals surface area contributed by atoms with Crippen LogP contribution in [-0.4, -0.2) is 67.1 Å². The summed E-state index contributed by atoms with van der Waals surface area (Å²) < 4.78 is 18.4. The lowest BCUT2D eigenvalue weighted by Crippen LogP contribution is -2.68. The molecule has 2 aliphatic heterocycles. The molecule has 2 fully saturated rings. The first-order valence-corrected chi connectivity index (χ1v) is 14.1. The van der Waals surface area contributed by atoms with Crippen LogP contribution in [0.1, 0.15) is 48.4 Å². The van der Waals surface area contributed by atoms with Gasteiger partial charge in [-0.25, -0.2) is 0 Å². The van der Waals surface area contributed by atoms with Crippen LogP contribution in [0.25, 0.3) is 0 Å². The van der Waals surface area contributed by atoms with Crippen molar-refractivity contribution in [2.75, 3.05) is 27.2 Å². The number of carbonyl (C=O) groups is 2. The average Bonchev–Trinajstić information content (AvgIpc) is 3.27. The van der Waals surface area contributed by atoms with E-state index in [-0.39, 0.29) is 35.5 Å². The summed E-state index contributed by atoms with van der Waals surface area (Å²) in [5.41, 5.74) is 3.76. The fourth-order valence-corrected chi connectivity index (χ4v) is 7.91. The number of likely N-dealkylation sites (N-methyl/N-ethyl adjacent to an activating group) is 1. The van der Waals surface area contributed by atoms with Crippen molar-refractivity contribution >= 4 is 11.9 Å². The smallest absolute Gasteiger partial charge is 0.308 e. The Kier molecular flexibility index (Phi) is 6.62. The Balaban J connectivity index is 1.42. The average molecular weight is 541 g/mol. The lowest BCUT2D eigenvalue weighted by Gasteiger charge is -2.60. The SMILES string of the molecule is C=CCN1CC[C@]23c4c5c(OC(C)=O)cc(OC)c4O[C@H]2[C@H](N(C)C(=O)C#Cc2cccc(C)c2)CC[C@H]3[C@H]1C5. The van der Waals surface area contributed by atoms with Gasteiger partial charge in [0.25, 0.3) is 5.91 Å². The first-order chi connectivity index (χ1) is 19.3. The normalized spacial score (nSPS) is 27.4. The molecular formula is C33H36N2O5. The standard InChI is InChI=1S/C33H36N2O5/c1-6-15-35-16-14-33-24-11-12-25(34(4)29(37)13-10-22-9-7-8-20(2)17-22)32(33)40-31-28(38-5)19-27(39-21(3)36)23(30(31)33)18-26(24)35/h6-9,17,19,24-26,32H,1,11-12,14-16,18H2,2-5H3/t24-,25+,26+,32-,33-/m0/s1. The lowest BCUT2D eigenvalue weighted by atomic mass is 9.51. The van der Waals surface area contributed by atoms with Crippen molar-refractivity contribution in [3.63, 3.8) is 0 Å². The van der Waals surface area contributed by atoms with E-state index in [1.165, 1.54) is 6.92 Å². The topological polar surface area (TPSA) is 68.3 Å². The Morgan fingerprint density at radius 1 is 1.27 bits per heavy atom. The maximum atomic E-state index is 13.4. The molecule has 7 heteroatoms. The van der Waals surface area contributed by atoms with Gasteiger partial charge < -0.3 is 19.1 Å². The zero-order valence-electron chi connectivity index (χ0n) is 23.7. The molecule has 0 radical (unpaired) electrons. The van der Waals surface area contributed by atoms with E-state index < -0.39 is 0 Å². The van der Waals surface area contributed by atoms with Crippen LogP contribution in [0.15, 0.2) is 43.0 Å². The number of piperidine rings is 1. The molecule has 1 spiro atoms. The highest BCUT2D eigenvalue weighted by Crippen LogP contribution is 2.65. The Hall–Kier alpha value is -3.76. The number of aryl methyl sites for hydroxylation is 1. The van der Waals surface area contributed by atoms with E-state index in [0.29, 0.717) is 17.4 Å². The van der Waals surface area contributed by atoms with Crippen molar-refractivity contribution in [3.8, 4) is 29.1 Å². The molecule has 4 aliphatic rings. The molecule has 6 rings (SSSR count). The molecule has 1 saturated carbocycles. The Morgan fingerprint density at radius 3 is 2.83 bits per heavy atom. The first-order valence-electron chi connectivity index (χ1n) is 14.1. The van der Waals surface area contributed by atoms with E-state index in [9.17, 15) is 9.59 Å². The fraction of sp³-hybridized carbons (Fsp3) is 0.455. The third kappa shape index (κ3) is 4.00. The molecule has 0 N–H and O–H groups in total. The number of carbonyl (C=O) groups excluding carboxylic acids is 2. The van der Waals surface area contributed by atoms with Gasteiger partial charge in [-0.1, -0.05) is 24.1 Å². The number of nitrogens with zero attached hydrogens (tertiary/aromatic N) is 2. The van der Waals surface area contributed by atoms with Crippen molar-refractivity contribution in [2.24, 2.45) is 5.92 Å². The molecule has 0 aromatic heterocycles. The number of benzene rings is 2. The summed E-state index contributed by atoms with van der Waals surface area (Å²) in [5, 5.41) is 0. The summed E-state index contributed by atoms with van der Waals surface area (Å²) >= 11 is 0. The van der Waals surface area contributed by atoms with Gasteiger partial charge in [0.2, 0.25) is 0 Å². The number of ether oxygens (including phenoxy) is 3. The zero-order chi connectivity index (χ0) is 28.2. The molecule has 1 saturated heterocycles. The number of amides is 1. The van der Waals surface area contributed by atoms with E-state index in [0.717, 1.165) is 66.8 Å². The molecule has 1 amide bonds. The third-order valence-electron chi connectivity index (χ3n) is 9.46. The van der Waals surface area contributed by atoms with Crippen molar-refractivity contribution < 1.29 is 23.8 Å². The minimum absolute atomic E-state index is 0.151. The molecular weight excluding hydrogens is 504 g/mol. The van der Waals surface area contributed by atoms with Gasteiger partial charge in [0.05, 0.1) is 13.2 Å². The van der Waals surface area contributed by atoms with Crippen molar-refractivity contribution in [1.29, 1.82) is 0 Å². The Bertz CT molecular complexity index is 1450. The predicted molar refractivity (Wildman–Crippen MR) is 152 cm³/mol. The summed E-state index contributed by atoms with van der Waals surface area (Å²) in [4.78, 5) is 29.8. The second kappa shape index (κ2) is 10.0. The summed E-state index contributed by atoms with van der Waals surface area (Å²) in [6.07, 6.45) is 5.16. The van der Waals surface area contributed by atoms with Gasteiger partial charge in [0.1, 0.15) is 11.9 Å². The number of hydrogen-bond acceptors (Lipinski definition) is 6. The fourth-order valence-electron chi connectivity index (χ4n) is 7.91. The molecule has 7 nitrogen and oxygen atoms in total. The molecule has 2 aromatic rings. The van der Waals surface area contributed by atoms with Crippen molar-refractivity contribution in [3.05, 3.63) is 65.2 Å². The summed E-state index contributed by atoms with van der Waals surface area (Å²) in [6.45, 7) is 9.15. The summed E-state index contributed by atoms with van der Waals surface area (Å²) in [5.74, 6) is 7.53. The van der Waals surface area contributed by atoms with Crippen LogP contribution in [0.2, 0.25) is 0 Å². The van der Waals surface area contributed by atoms with Crippen LogP contribution < -0.4 is 14.2 Å². The van der Waals surface area contributed by atoms with E-state index >= 15 is 0 Å². The zero-order valence-corrected chi connectivity index (χ0v) is 23.7. The van der Waals surface area contributed by atoms with Gasteiger partial charge in [-0.2, -0.15) is 0 Å². The van der Waals surface area contributed by atoms with Crippen LogP contribution in [0.3, 0.4) is 0 Å². The van der Waals surface area contributed by atoms with Crippen molar-refractivity contribution in [1.82, 2.24) is 9.80 Å². The predicted octanol–water partition coefficient (Wildman–Crippen LogP) is 4.03. The number of esters is 1. The molecule has 208 valence electrons. The molecule has 2 aromatic carbocycles. The number of rotatable bonds is 5. The van der Waals surface area contributed by atoms with Gasteiger partial charge in [-0.3, -0.25) is 14.5 Å². The van der Waals surface area contributed by atoms with Crippen LogP contribution >= 0.6 is 0 Å². The van der Waals surface area contributed by atoms with Gasteiger partial charge in [-0.05, 0) is 62.8 Å². The largest absolute Gasteiger partial charge is 0.493 e. The molecule has 2 bridgehead atoms. The summed E-state index contributed by atoms with van der Waals surface area (Å²) in [6, 6.07) is 9.76. The van der Waals surface area contributed by atoms with Gasteiger partial charge >= 0.3 is 5.97 Å². The second-order valence-electron chi connectivity index (χ2n) is 11.5. The van der Waals surface area contributed by atoms with E-state index in [1.807, 2.05) is 44.3 Å². The maximum Gasteiger partial charge on any atom is 0.308 e.